The van der Waals surface area contributed by atoms with E-state index in [2.05, 4.69) is 647 Å². The van der Waals surface area contributed by atoms with E-state index in [1.807, 2.05) is 0 Å². The number of para-hydroxylation sites is 9. The summed E-state index contributed by atoms with van der Waals surface area (Å²) in [6, 6.07) is 203. The van der Waals surface area contributed by atoms with Crippen molar-refractivity contribution in [3.05, 3.63) is 592 Å². The van der Waals surface area contributed by atoms with Crippen LogP contribution in [0.25, 0.3) is 98.8 Å². The fourth-order valence-electron chi connectivity index (χ4n) is 21.1. The smallest absolute Gasteiger partial charge is 0.0709 e. The number of aromatic nitrogens is 2. The molecule has 0 saturated heterocycles. The average molecular weight is 1950 g/mol. The molecule has 2 heterocycles. The number of fused-ring (bicyclic) bond motifs is 8. The van der Waals surface area contributed by atoms with Gasteiger partial charge in [0.05, 0.1) is 41.3 Å². The summed E-state index contributed by atoms with van der Waals surface area (Å²) in [4.78, 5) is 14.0. The maximum atomic E-state index is 4.81. The van der Waals surface area contributed by atoms with Gasteiger partial charge in [-0.3, -0.25) is 0 Å². The number of hydrogen-bond donors (Lipinski definition) is 0. The second-order valence-corrected chi connectivity index (χ2v) is 38.3. The minimum atomic E-state index is 0.667. The molecule has 0 fully saturated rings. The lowest BCUT2D eigenvalue weighted by Crippen LogP contribution is -2.14. The van der Waals surface area contributed by atoms with Crippen LogP contribution in [0.4, 0.5) is 102 Å². The van der Waals surface area contributed by atoms with E-state index in [0.717, 1.165) is 91.0 Å². The highest BCUT2D eigenvalue weighted by atomic mass is 31.0. The van der Waals surface area contributed by atoms with Crippen LogP contribution in [0.5, 0.6) is 0 Å². The van der Waals surface area contributed by atoms with Crippen molar-refractivity contribution in [3.8, 4) is 33.6 Å². The van der Waals surface area contributed by atoms with E-state index in [9.17, 15) is 0 Å². The van der Waals surface area contributed by atoms with Gasteiger partial charge in [0.1, 0.15) is 0 Å². The molecule has 0 aliphatic carbocycles. The Hall–Kier alpha value is -18.5. The molecule has 0 aliphatic rings. The van der Waals surface area contributed by atoms with Crippen LogP contribution in [-0.4, -0.2) is 23.0 Å². The lowest BCUT2D eigenvalue weighted by Gasteiger charge is -2.30. The van der Waals surface area contributed by atoms with Gasteiger partial charge in [0.2, 0.25) is 0 Å². The molecule has 8 nitrogen and oxygen atoms in total. The fraction of sp³-hybridized carbons (Fsp3) is 0.0429. The van der Waals surface area contributed by atoms with Crippen LogP contribution >= 0.6 is 9.24 Å². The summed E-state index contributed by atoms with van der Waals surface area (Å²) in [6.07, 6.45) is 0. The molecular formula is C140H112BN8P. The molecule has 23 aromatic carbocycles. The summed E-state index contributed by atoms with van der Waals surface area (Å²) >= 11 is 0. The third-order valence-electron chi connectivity index (χ3n) is 27.9. The highest BCUT2D eigenvalue weighted by Crippen LogP contribution is 2.49. The molecule has 0 amide bonds. The minimum Gasteiger partial charge on any atom is -0.310 e. The largest absolute Gasteiger partial charge is 0.310 e. The number of anilines is 18. The zero-order chi connectivity index (χ0) is 102. The van der Waals surface area contributed by atoms with Crippen molar-refractivity contribution in [1.82, 2.24) is 9.13 Å². The Morgan fingerprint density at radius 3 is 0.647 bits per heavy atom. The first-order chi connectivity index (χ1) is 73.9. The molecule has 2 aromatic heterocycles. The molecule has 1 unspecified atom stereocenters. The summed E-state index contributed by atoms with van der Waals surface area (Å²) < 4.78 is 4.72. The normalized spacial score (nSPS) is 11.1. The number of nitrogens with zero attached hydrogens (tertiary/aromatic N) is 8. The van der Waals surface area contributed by atoms with Crippen molar-refractivity contribution in [2.45, 2.75) is 34.6 Å². The van der Waals surface area contributed by atoms with E-state index < -0.39 is 0 Å². The van der Waals surface area contributed by atoms with Gasteiger partial charge in [-0.15, -0.1) is 9.24 Å². The molecule has 2 radical (unpaired) electrons. The lowest BCUT2D eigenvalue weighted by molar-refractivity contribution is 1.18. The molecule has 0 saturated carbocycles. The highest BCUT2D eigenvalue weighted by molar-refractivity contribution is 7.19. The van der Waals surface area contributed by atoms with E-state index in [4.69, 9.17) is 7.85 Å². The number of aryl methyl sites for hydroxylation is 5. The second kappa shape index (κ2) is 44.2. The molecule has 25 aromatic rings. The van der Waals surface area contributed by atoms with Crippen molar-refractivity contribution in [2.75, 3.05) is 35.5 Å². The summed E-state index contributed by atoms with van der Waals surface area (Å²) in [5, 5.41) is 10.1. The van der Waals surface area contributed by atoms with Gasteiger partial charge < -0.3 is 38.5 Å². The van der Waals surface area contributed by atoms with Gasteiger partial charge in [-0.2, -0.15) is 0 Å². The molecule has 0 spiro atoms. The van der Waals surface area contributed by atoms with Crippen molar-refractivity contribution >= 4 is 185 Å². The maximum absolute atomic E-state index is 4.81. The van der Waals surface area contributed by atoms with Crippen LogP contribution in [0, 0.1) is 34.6 Å². The Bertz CT molecular complexity index is 8240. The Morgan fingerprint density at radius 1 is 0.180 bits per heavy atom. The summed E-state index contributed by atoms with van der Waals surface area (Å²) in [5.74, 6) is 0. The highest BCUT2D eigenvalue weighted by Gasteiger charge is 2.25. The molecule has 1 atom stereocenters. The van der Waals surface area contributed by atoms with Gasteiger partial charge in [0, 0.05) is 135 Å². The molecule has 0 N–H and O–H groups in total. The number of benzene rings is 23. The first-order valence-corrected chi connectivity index (χ1v) is 52.1. The first-order valence-electron chi connectivity index (χ1n) is 51.2. The van der Waals surface area contributed by atoms with Crippen LogP contribution in [0.2, 0.25) is 0 Å². The van der Waals surface area contributed by atoms with E-state index in [0.29, 0.717) is 6.06 Å². The molecule has 0 bridgehead atoms. The van der Waals surface area contributed by atoms with Crippen molar-refractivity contribution in [1.29, 1.82) is 0 Å². The maximum Gasteiger partial charge on any atom is 0.0709 e. The van der Waals surface area contributed by atoms with E-state index in [1.165, 1.54) is 138 Å². The number of hydrogen-bond acceptors (Lipinski definition) is 6. The fourth-order valence-corrected chi connectivity index (χ4v) is 21.1. The van der Waals surface area contributed by atoms with Gasteiger partial charge in [0.25, 0.3) is 0 Å². The van der Waals surface area contributed by atoms with Crippen LogP contribution in [0.15, 0.2) is 564 Å². The van der Waals surface area contributed by atoms with Crippen LogP contribution in [0.1, 0.15) is 27.8 Å². The van der Waals surface area contributed by atoms with Crippen molar-refractivity contribution < 1.29 is 0 Å². The third-order valence-corrected chi connectivity index (χ3v) is 27.9. The molecular weight excluding hydrogens is 1840 g/mol. The summed E-state index contributed by atoms with van der Waals surface area (Å²) in [5.41, 5.74) is 38.3. The molecule has 25 rings (SSSR count). The predicted molar refractivity (Wildman–Crippen MR) is 646 cm³/mol. The zero-order valence-electron chi connectivity index (χ0n) is 84.6. The van der Waals surface area contributed by atoms with Gasteiger partial charge >= 0.3 is 0 Å². The predicted octanol–water partition coefficient (Wildman–Crippen LogP) is 39.2. The average Bonchev–Trinajstić information content (AvgIpc) is 1.59. The van der Waals surface area contributed by atoms with Crippen molar-refractivity contribution in [3.63, 3.8) is 0 Å². The first kappa shape index (κ1) is 96.3. The topological polar surface area (TPSA) is 29.3 Å². The molecule has 10 heteroatoms. The van der Waals surface area contributed by atoms with Crippen LogP contribution in [0.3, 0.4) is 0 Å². The van der Waals surface area contributed by atoms with Gasteiger partial charge in [0.15, 0.2) is 0 Å². The SMILES string of the molecule is Cc1cc(N(c2ccccc2)c2cccc3ccccc23)ccc1-c1ccc(N(c2ccccc2)c2cccc3ccccc23)cc1C.Cc1cccc(N(c2ccccc2)c2ccc(N(c3ccc(N(c4ccccc4)c4cccc(C)c4)cc3)c3ccc(N(c4ccccc4)c4cccc(C)c4)cc3)cc2)c1.[B]CP.c1ccc2c(c1)c1ccccc1n2-c1ccc(-c2ccc(-n3c4ccccc4c4ccccc43)cc2)cc1. The molecule has 150 heavy (non-hydrogen) atoms. The monoisotopic (exact) mass is 1950 g/mol. The molecule has 720 valence electrons. The quantitative estimate of drug-likeness (QED) is 0.0496. The minimum absolute atomic E-state index is 0.667. The molecule has 0 aliphatic heterocycles. The standard InChI is InChI=1S/C57H48N4.C46H36N2.C36H24N2.CH4BP/c1-43-16-13-25-55(40-43)59(46-19-7-4-8-20-46)52-34-28-49(29-35-52)58(50-30-36-53(37-31-50)60(47-21-9-5-10-22-47)56-26-14-17-44(2)41-56)51-32-38-54(39-33-51)61(48-23-11-6-12-24-48)57-27-15-18-45(3)42-57;1-33-31-39(47(37-19-5-3-6-20-37)45-25-13-17-35-15-9-11-23-43(35)45)27-29-41(33)42-30-28-40(32-34(42)2)48(38-21-7-4-8-22-38)46-26-14-18-36-16-10-12-24-44(36)46;1-5-13-33-29(9-1)30-10-2-6-14-34(30)37(33)27-21-17-25(18-22-27)26-19-23-28(24-20-26)38-35-15-7-3-11-31(35)32-12-4-8-16-36(32)38;2-1-3/h4-42H,1-3H3;3-32H,1-2H3;1-24H;1,3H2. The van der Waals surface area contributed by atoms with Crippen LogP contribution < -0.4 is 29.4 Å². The van der Waals surface area contributed by atoms with Crippen LogP contribution in [-0.2, 0) is 0 Å². The van der Waals surface area contributed by atoms with E-state index >= 15 is 0 Å². The Labute approximate surface area is 883 Å². The second-order valence-electron chi connectivity index (χ2n) is 37.8. The Balaban J connectivity index is 0.000000129. The van der Waals surface area contributed by atoms with E-state index in [-0.39, 0.29) is 0 Å². The number of rotatable bonds is 22. The summed E-state index contributed by atoms with van der Waals surface area (Å²) in [7, 11) is 7.17. The van der Waals surface area contributed by atoms with Gasteiger partial charge in [-0.25, -0.2) is 0 Å². The van der Waals surface area contributed by atoms with E-state index in [1.54, 1.807) is 0 Å². The third kappa shape index (κ3) is 20.2. The van der Waals surface area contributed by atoms with Crippen molar-refractivity contribution in [2.24, 2.45) is 0 Å². The Morgan fingerprint density at radius 2 is 0.380 bits per heavy atom. The lowest BCUT2D eigenvalue weighted by atomic mass is 9.95. The summed E-state index contributed by atoms with van der Waals surface area (Å²) in [6.45, 7) is 10.9. The Kier molecular flexibility index (Phi) is 28.4. The zero-order valence-corrected chi connectivity index (χ0v) is 85.8. The van der Waals surface area contributed by atoms with Gasteiger partial charge in [-0.05, 0) is 350 Å². The van der Waals surface area contributed by atoms with Gasteiger partial charge in [-0.1, -0.05) is 315 Å².